The predicted molar refractivity (Wildman–Crippen MR) is 29.5 cm³/mol. The molecule has 0 N–H and O–H groups in total. The molecule has 0 nitrogen and oxygen atoms in total. The summed E-state index contributed by atoms with van der Waals surface area (Å²) in [6.45, 7) is 6.45. The average Bonchev–Trinajstić information content (AvgIpc) is 0.722. The van der Waals surface area contributed by atoms with Crippen LogP contribution < -0.4 is 34.0 Å². The predicted octanol–water partition coefficient (Wildman–Crippen LogP) is -4.33. The van der Waals surface area contributed by atoms with Gasteiger partial charge in [-0.1, -0.05) is 20.8 Å². The summed E-state index contributed by atoms with van der Waals surface area (Å²) < 4.78 is 0. The summed E-state index contributed by atoms with van der Waals surface area (Å²) in [4.78, 5) is 0. The highest BCUT2D eigenvalue weighted by molar-refractivity contribution is 7.18. The molecule has 0 amide bonds. The first kappa shape index (κ1) is 15.8. The van der Waals surface area contributed by atoms with Crippen LogP contribution in [0.3, 0.4) is 0 Å². The van der Waals surface area contributed by atoms with Crippen LogP contribution in [0, 0.1) is 0 Å². The quantitative estimate of drug-likeness (QED) is 0.381. The molecule has 0 aliphatic rings. The molecule has 0 aliphatic heterocycles. The Labute approximate surface area is 69.2 Å². The van der Waals surface area contributed by atoms with Gasteiger partial charge < -0.3 is 34.0 Å². The zero-order valence-corrected chi connectivity index (χ0v) is 9.16. The molecule has 0 saturated heterocycles. The van der Waals surface area contributed by atoms with E-state index in [0.29, 0.717) is 5.16 Å². The van der Waals surface area contributed by atoms with Crippen LogP contribution in [0.25, 0.3) is 0 Å². The van der Waals surface area contributed by atoms with Crippen LogP contribution >= 0.6 is 9.24 Å². The summed E-state index contributed by atoms with van der Waals surface area (Å²) in [6, 6.07) is 0. The third-order valence-electron chi connectivity index (χ3n) is 0. The van der Waals surface area contributed by atoms with Crippen LogP contribution in [0.2, 0.25) is 0 Å². The molecule has 0 aromatic rings. The van der Waals surface area contributed by atoms with Crippen molar-refractivity contribution in [3.8, 4) is 0 Å². The molecule has 0 radical (unpaired) electrons. The lowest BCUT2D eigenvalue weighted by Crippen LogP contribution is -3.00. The standard InChI is InChI=1S/C4H11P.2BrH/c1-4(2,3)5;;/h5H2,1-3H3;2*1H/p-2. The molecule has 0 bridgehead atoms. The van der Waals surface area contributed by atoms with E-state index in [-0.39, 0.29) is 34.0 Å². The molecular weight excluding hydrogens is 239 g/mol. The lowest BCUT2D eigenvalue weighted by molar-refractivity contribution is -0.00100. The van der Waals surface area contributed by atoms with Crippen molar-refractivity contribution in [2.24, 2.45) is 0 Å². The minimum atomic E-state index is 0. The summed E-state index contributed by atoms with van der Waals surface area (Å²) in [6.07, 6.45) is 0. The smallest absolute Gasteiger partial charge is 0.0235 e. The van der Waals surface area contributed by atoms with Gasteiger partial charge in [-0.3, -0.25) is 0 Å². The van der Waals surface area contributed by atoms with Gasteiger partial charge in [0, 0.05) is 0 Å². The monoisotopic (exact) mass is 248 g/mol. The Morgan fingerprint density at radius 1 is 1.00 bits per heavy atom. The van der Waals surface area contributed by atoms with Crippen LogP contribution in [0.5, 0.6) is 0 Å². The van der Waals surface area contributed by atoms with Crippen LogP contribution in [0.15, 0.2) is 0 Å². The van der Waals surface area contributed by atoms with Crippen molar-refractivity contribution in [3.05, 3.63) is 0 Å². The van der Waals surface area contributed by atoms with Crippen LogP contribution in [-0.2, 0) is 0 Å². The third kappa shape index (κ3) is 111. The molecule has 0 saturated carbocycles. The summed E-state index contributed by atoms with van der Waals surface area (Å²) in [5, 5.41) is 0.417. The van der Waals surface area contributed by atoms with Gasteiger partial charge in [0.15, 0.2) is 0 Å². The van der Waals surface area contributed by atoms with E-state index in [1.165, 1.54) is 0 Å². The topological polar surface area (TPSA) is 0 Å². The van der Waals surface area contributed by atoms with Gasteiger partial charge >= 0.3 is 0 Å². The molecule has 3 heteroatoms. The van der Waals surface area contributed by atoms with Crippen molar-refractivity contribution in [1.29, 1.82) is 0 Å². The summed E-state index contributed by atoms with van der Waals surface area (Å²) in [7, 11) is 2.72. The second-order valence-corrected chi connectivity index (χ2v) is 4.10. The second-order valence-electron chi connectivity index (χ2n) is 2.37. The van der Waals surface area contributed by atoms with Gasteiger partial charge in [-0.05, 0) is 5.16 Å². The van der Waals surface area contributed by atoms with Gasteiger partial charge in [-0.25, -0.2) is 0 Å². The largest absolute Gasteiger partial charge is 1.00 e. The van der Waals surface area contributed by atoms with E-state index in [1.54, 1.807) is 0 Å². The van der Waals surface area contributed by atoms with E-state index < -0.39 is 0 Å². The maximum atomic E-state index is 2.72. The number of halogens is 2. The summed E-state index contributed by atoms with van der Waals surface area (Å²) in [5.74, 6) is 0. The zero-order chi connectivity index (χ0) is 4.50. The minimum Gasteiger partial charge on any atom is -1.00 e. The maximum absolute atomic E-state index is 2.72. The summed E-state index contributed by atoms with van der Waals surface area (Å²) in [5.41, 5.74) is 0. The molecule has 0 aromatic heterocycles. The van der Waals surface area contributed by atoms with E-state index in [2.05, 4.69) is 30.0 Å². The molecule has 48 valence electrons. The lowest BCUT2D eigenvalue weighted by Gasteiger charge is -2.05. The first-order chi connectivity index (χ1) is 2.00. The Balaban J connectivity index is -0.0000000800. The highest BCUT2D eigenvalue weighted by Crippen LogP contribution is 2.12. The highest BCUT2D eigenvalue weighted by Gasteiger charge is 1.95. The van der Waals surface area contributed by atoms with Crippen molar-refractivity contribution in [1.82, 2.24) is 0 Å². The van der Waals surface area contributed by atoms with Crippen LogP contribution in [0.1, 0.15) is 20.8 Å². The fraction of sp³-hybridized carbons (Fsp3) is 1.00. The molecule has 0 aliphatic carbocycles. The Kier molecular flexibility index (Phi) is 12.4. The first-order valence-corrected chi connectivity index (χ1v) is 2.37. The van der Waals surface area contributed by atoms with Gasteiger partial charge in [0.05, 0.1) is 0 Å². The van der Waals surface area contributed by atoms with Gasteiger partial charge in [0.25, 0.3) is 0 Å². The molecule has 0 rings (SSSR count). The molecule has 7 heavy (non-hydrogen) atoms. The Bertz CT molecular complexity index is 25.2. The van der Waals surface area contributed by atoms with Gasteiger partial charge in [0.1, 0.15) is 0 Å². The zero-order valence-electron chi connectivity index (χ0n) is 4.83. The van der Waals surface area contributed by atoms with Gasteiger partial charge in [0.2, 0.25) is 0 Å². The Hall–Kier alpha value is 1.39. The van der Waals surface area contributed by atoms with Crippen LogP contribution in [0.4, 0.5) is 0 Å². The number of rotatable bonds is 0. The van der Waals surface area contributed by atoms with E-state index in [1.807, 2.05) is 0 Å². The minimum absolute atomic E-state index is 0. The van der Waals surface area contributed by atoms with E-state index in [4.69, 9.17) is 0 Å². The van der Waals surface area contributed by atoms with Crippen molar-refractivity contribution < 1.29 is 34.0 Å². The molecular formula is C4H11Br2P-2. The second kappa shape index (κ2) is 5.53. The molecule has 0 heterocycles. The SMILES string of the molecule is CC(C)(C)P.[Br-].[Br-]. The molecule has 0 fully saturated rings. The average molecular weight is 250 g/mol. The molecule has 0 spiro atoms. The van der Waals surface area contributed by atoms with Crippen molar-refractivity contribution in [3.63, 3.8) is 0 Å². The number of hydrogen-bond donors (Lipinski definition) is 0. The van der Waals surface area contributed by atoms with Crippen molar-refractivity contribution in [2.45, 2.75) is 25.9 Å². The number of hydrogen-bond acceptors (Lipinski definition) is 0. The summed E-state index contributed by atoms with van der Waals surface area (Å²) >= 11 is 0. The fourth-order valence-electron chi connectivity index (χ4n) is 0. The Morgan fingerprint density at radius 2 is 1.00 bits per heavy atom. The molecule has 1 atom stereocenters. The molecule has 0 aromatic carbocycles. The van der Waals surface area contributed by atoms with E-state index in [0.717, 1.165) is 0 Å². The Morgan fingerprint density at radius 3 is 1.00 bits per heavy atom. The normalized spacial score (nSPS) is 8.57. The van der Waals surface area contributed by atoms with Gasteiger partial charge in [-0.15, -0.1) is 9.24 Å². The maximum Gasteiger partial charge on any atom is -0.0235 e. The van der Waals surface area contributed by atoms with E-state index in [9.17, 15) is 0 Å². The lowest BCUT2D eigenvalue weighted by atomic mass is 10.3. The highest BCUT2D eigenvalue weighted by atomic mass is 79.9. The fourth-order valence-corrected chi connectivity index (χ4v) is 0. The van der Waals surface area contributed by atoms with Crippen molar-refractivity contribution >= 4 is 9.24 Å². The third-order valence-corrected chi connectivity index (χ3v) is 0. The van der Waals surface area contributed by atoms with Crippen molar-refractivity contribution in [2.75, 3.05) is 0 Å². The first-order valence-electron chi connectivity index (χ1n) is 1.79. The molecule has 1 unspecified atom stereocenters. The van der Waals surface area contributed by atoms with E-state index >= 15 is 0 Å². The van der Waals surface area contributed by atoms with Crippen LogP contribution in [-0.4, -0.2) is 5.16 Å². The van der Waals surface area contributed by atoms with Gasteiger partial charge in [-0.2, -0.15) is 0 Å².